The van der Waals surface area contributed by atoms with Gasteiger partial charge in [0.1, 0.15) is 0 Å². The maximum Gasteiger partial charge on any atom is 0.0948 e. The van der Waals surface area contributed by atoms with Crippen molar-refractivity contribution in [3.05, 3.63) is 18.2 Å². The number of aryl methyl sites for hydroxylation is 1. The van der Waals surface area contributed by atoms with E-state index in [1.165, 1.54) is 44.5 Å². The molecule has 120 valence electrons. The van der Waals surface area contributed by atoms with Crippen molar-refractivity contribution in [2.24, 2.45) is 11.7 Å². The van der Waals surface area contributed by atoms with Gasteiger partial charge in [0.2, 0.25) is 0 Å². The molecule has 0 saturated carbocycles. The lowest BCUT2D eigenvalue weighted by atomic mass is 9.93. The third kappa shape index (κ3) is 4.30. The van der Waals surface area contributed by atoms with E-state index in [0.29, 0.717) is 18.4 Å². The van der Waals surface area contributed by atoms with Gasteiger partial charge >= 0.3 is 0 Å². The summed E-state index contributed by atoms with van der Waals surface area (Å²) in [5.41, 5.74) is 7.25. The molecule has 21 heavy (non-hydrogen) atoms. The second-order valence-electron chi connectivity index (χ2n) is 6.83. The van der Waals surface area contributed by atoms with Gasteiger partial charge in [-0.2, -0.15) is 0 Å². The Labute approximate surface area is 129 Å². The molecule has 4 heteroatoms. The van der Waals surface area contributed by atoms with Crippen LogP contribution >= 0.6 is 0 Å². The molecule has 0 aromatic carbocycles. The van der Waals surface area contributed by atoms with Gasteiger partial charge in [-0.3, -0.25) is 0 Å². The molecule has 2 rings (SSSR count). The molecule has 1 aliphatic heterocycles. The second-order valence-corrected chi connectivity index (χ2v) is 6.83. The molecule has 2 unspecified atom stereocenters. The quantitative estimate of drug-likeness (QED) is 0.840. The summed E-state index contributed by atoms with van der Waals surface area (Å²) in [6, 6.07) is 0.758. The fraction of sp³-hybridized carbons (Fsp3) is 0.824. The number of hydrogen-bond acceptors (Lipinski definition) is 3. The Balaban J connectivity index is 1.87. The highest BCUT2D eigenvalue weighted by Gasteiger charge is 2.19. The summed E-state index contributed by atoms with van der Waals surface area (Å²) in [7, 11) is 0. The van der Waals surface area contributed by atoms with E-state index in [-0.39, 0.29) is 0 Å². The SMILES string of the molecule is CC(C)C(CN)c1cncn1CCCN1CCCCC1C. The third-order valence-corrected chi connectivity index (χ3v) is 4.97. The summed E-state index contributed by atoms with van der Waals surface area (Å²) in [5, 5.41) is 0. The Bertz CT molecular complexity index is 413. The van der Waals surface area contributed by atoms with Gasteiger partial charge in [-0.15, -0.1) is 0 Å². The van der Waals surface area contributed by atoms with Crippen LogP contribution in [0.25, 0.3) is 0 Å². The molecule has 0 spiro atoms. The van der Waals surface area contributed by atoms with Gasteiger partial charge in [-0.05, 0) is 38.6 Å². The fourth-order valence-corrected chi connectivity index (χ4v) is 3.49. The lowest BCUT2D eigenvalue weighted by Gasteiger charge is -2.33. The number of nitrogens with zero attached hydrogens (tertiary/aromatic N) is 3. The van der Waals surface area contributed by atoms with Crippen LogP contribution in [-0.2, 0) is 6.54 Å². The van der Waals surface area contributed by atoms with Crippen molar-refractivity contribution in [2.45, 2.75) is 65.0 Å². The van der Waals surface area contributed by atoms with Crippen LogP contribution in [-0.4, -0.2) is 40.1 Å². The van der Waals surface area contributed by atoms with E-state index < -0.39 is 0 Å². The van der Waals surface area contributed by atoms with Crippen LogP contribution < -0.4 is 5.73 Å². The van der Waals surface area contributed by atoms with Crippen molar-refractivity contribution >= 4 is 0 Å². The lowest BCUT2D eigenvalue weighted by molar-refractivity contribution is 0.156. The van der Waals surface area contributed by atoms with E-state index in [1.54, 1.807) is 0 Å². The minimum Gasteiger partial charge on any atom is -0.334 e. The van der Waals surface area contributed by atoms with Crippen molar-refractivity contribution in [3.8, 4) is 0 Å². The first-order chi connectivity index (χ1) is 10.1. The molecule has 2 heterocycles. The van der Waals surface area contributed by atoms with E-state index in [2.05, 4.69) is 35.2 Å². The topological polar surface area (TPSA) is 47.1 Å². The molecule has 1 aromatic heterocycles. The largest absolute Gasteiger partial charge is 0.334 e. The van der Waals surface area contributed by atoms with Crippen LogP contribution in [0.5, 0.6) is 0 Å². The van der Waals surface area contributed by atoms with Crippen molar-refractivity contribution in [2.75, 3.05) is 19.6 Å². The van der Waals surface area contributed by atoms with Gasteiger partial charge in [0, 0.05) is 43.5 Å². The first kappa shape index (κ1) is 16.5. The Kier molecular flexibility index (Phi) is 6.24. The minimum atomic E-state index is 0.418. The lowest BCUT2D eigenvalue weighted by Crippen LogP contribution is -2.38. The highest BCUT2D eigenvalue weighted by atomic mass is 15.2. The van der Waals surface area contributed by atoms with Gasteiger partial charge < -0.3 is 15.2 Å². The molecule has 2 atom stereocenters. The summed E-state index contributed by atoms with van der Waals surface area (Å²) < 4.78 is 2.31. The van der Waals surface area contributed by atoms with E-state index in [9.17, 15) is 0 Å². The summed E-state index contributed by atoms with van der Waals surface area (Å²) in [6.45, 7) is 11.1. The average Bonchev–Trinajstić information content (AvgIpc) is 2.90. The zero-order chi connectivity index (χ0) is 15.2. The third-order valence-electron chi connectivity index (χ3n) is 4.97. The average molecular weight is 292 g/mol. The first-order valence-corrected chi connectivity index (χ1v) is 8.57. The zero-order valence-electron chi connectivity index (χ0n) is 14.0. The summed E-state index contributed by atoms with van der Waals surface area (Å²) in [4.78, 5) is 6.99. The molecule has 0 amide bonds. The molecule has 2 N–H and O–H groups in total. The highest BCUT2D eigenvalue weighted by Crippen LogP contribution is 2.23. The molecular weight excluding hydrogens is 260 g/mol. The van der Waals surface area contributed by atoms with Crippen LogP contribution in [0.1, 0.15) is 58.1 Å². The first-order valence-electron chi connectivity index (χ1n) is 8.57. The maximum absolute atomic E-state index is 5.95. The van der Waals surface area contributed by atoms with Gasteiger partial charge in [-0.1, -0.05) is 20.3 Å². The van der Waals surface area contributed by atoms with Crippen LogP contribution in [0.2, 0.25) is 0 Å². The Morgan fingerprint density at radius 2 is 2.14 bits per heavy atom. The molecule has 0 radical (unpaired) electrons. The van der Waals surface area contributed by atoms with Crippen LogP contribution in [0, 0.1) is 5.92 Å². The number of rotatable bonds is 7. The fourth-order valence-electron chi connectivity index (χ4n) is 3.49. The summed E-state index contributed by atoms with van der Waals surface area (Å²) >= 11 is 0. The van der Waals surface area contributed by atoms with E-state index in [1.807, 2.05) is 12.5 Å². The van der Waals surface area contributed by atoms with Crippen LogP contribution in [0.3, 0.4) is 0 Å². The Morgan fingerprint density at radius 1 is 1.33 bits per heavy atom. The molecule has 0 bridgehead atoms. The highest BCUT2D eigenvalue weighted by molar-refractivity contribution is 5.08. The summed E-state index contributed by atoms with van der Waals surface area (Å²) in [5.74, 6) is 0.981. The van der Waals surface area contributed by atoms with Crippen LogP contribution in [0.15, 0.2) is 12.5 Å². The Morgan fingerprint density at radius 3 is 2.81 bits per heavy atom. The number of hydrogen-bond donors (Lipinski definition) is 1. The summed E-state index contributed by atoms with van der Waals surface area (Å²) in [6.07, 6.45) is 9.29. The van der Waals surface area contributed by atoms with E-state index >= 15 is 0 Å². The van der Waals surface area contributed by atoms with Crippen molar-refractivity contribution in [1.82, 2.24) is 14.5 Å². The normalized spacial score (nSPS) is 21.9. The number of piperidine rings is 1. The standard InChI is InChI=1S/C17H32N4/c1-14(2)16(11-18)17-12-19-13-21(17)10-6-9-20-8-5-4-7-15(20)3/h12-16H,4-11,18H2,1-3H3. The molecule has 1 aliphatic rings. The van der Waals surface area contributed by atoms with Gasteiger partial charge in [-0.25, -0.2) is 4.98 Å². The van der Waals surface area contributed by atoms with E-state index in [4.69, 9.17) is 5.73 Å². The van der Waals surface area contributed by atoms with Gasteiger partial charge in [0.05, 0.1) is 6.33 Å². The minimum absolute atomic E-state index is 0.418. The second kappa shape index (κ2) is 7.95. The van der Waals surface area contributed by atoms with Crippen molar-refractivity contribution in [1.29, 1.82) is 0 Å². The monoisotopic (exact) mass is 292 g/mol. The number of imidazole rings is 1. The molecule has 0 aliphatic carbocycles. The molecule has 4 nitrogen and oxygen atoms in total. The van der Waals surface area contributed by atoms with Crippen molar-refractivity contribution in [3.63, 3.8) is 0 Å². The molecule has 1 saturated heterocycles. The maximum atomic E-state index is 5.95. The van der Waals surface area contributed by atoms with Crippen molar-refractivity contribution < 1.29 is 0 Å². The predicted molar refractivity (Wildman–Crippen MR) is 88.4 cm³/mol. The number of nitrogens with two attached hydrogens (primary N) is 1. The van der Waals surface area contributed by atoms with Gasteiger partial charge in [0.25, 0.3) is 0 Å². The molecular formula is C17H32N4. The molecule has 1 fully saturated rings. The van der Waals surface area contributed by atoms with Gasteiger partial charge in [0.15, 0.2) is 0 Å². The number of likely N-dealkylation sites (tertiary alicyclic amines) is 1. The van der Waals surface area contributed by atoms with Crippen LogP contribution in [0.4, 0.5) is 0 Å². The zero-order valence-corrected chi connectivity index (χ0v) is 14.0. The Hall–Kier alpha value is -0.870. The smallest absolute Gasteiger partial charge is 0.0948 e. The molecule has 1 aromatic rings. The van der Waals surface area contributed by atoms with E-state index in [0.717, 1.165) is 12.6 Å². The predicted octanol–water partition coefficient (Wildman–Crippen LogP) is 2.85. The number of aromatic nitrogens is 2.